The van der Waals surface area contributed by atoms with Crippen LogP contribution < -0.4 is 15.8 Å². The third-order valence-corrected chi connectivity index (χ3v) is 4.38. The normalized spacial score (nSPS) is 10.7. The van der Waals surface area contributed by atoms with Crippen molar-refractivity contribution in [3.05, 3.63) is 47.8 Å². The van der Waals surface area contributed by atoms with Gasteiger partial charge in [0.1, 0.15) is 11.4 Å². The number of carbonyl (C=O) groups is 2. The minimum Gasteiger partial charge on any atom is -0.497 e. The van der Waals surface area contributed by atoms with E-state index in [0.717, 1.165) is 11.3 Å². The van der Waals surface area contributed by atoms with Crippen molar-refractivity contribution >= 4 is 34.3 Å². The van der Waals surface area contributed by atoms with Crippen LogP contribution >= 0.6 is 0 Å². The molecular formula is C20H22N4O4. The van der Waals surface area contributed by atoms with Crippen LogP contribution in [0.4, 0.5) is 11.4 Å². The fraction of sp³-hybridized carbons (Fsp3) is 0.250. The Balaban J connectivity index is 2.08. The van der Waals surface area contributed by atoms with Gasteiger partial charge >= 0.3 is 5.97 Å². The van der Waals surface area contributed by atoms with Crippen molar-refractivity contribution in [2.24, 2.45) is 0 Å². The largest absolute Gasteiger partial charge is 0.497 e. The Morgan fingerprint density at radius 2 is 1.93 bits per heavy atom. The van der Waals surface area contributed by atoms with E-state index in [1.807, 2.05) is 24.3 Å². The average Bonchev–Trinajstić information content (AvgIpc) is 2.98. The zero-order chi connectivity index (χ0) is 20.3. The van der Waals surface area contributed by atoms with Gasteiger partial charge < -0.3 is 25.1 Å². The number of nitrogens with one attached hydrogen (secondary N) is 1. The highest BCUT2D eigenvalue weighted by atomic mass is 16.5. The summed E-state index contributed by atoms with van der Waals surface area (Å²) in [5.41, 5.74) is 8.50. The number of aromatic nitrogens is 2. The average molecular weight is 382 g/mol. The SMILES string of the molecule is COC(=O)c1c(NC(C)=O)c2cc(N)cnc2n1CCc1ccc(OC)cc1. The van der Waals surface area contributed by atoms with Gasteiger partial charge in [0.15, 0.2) is 5.69 Å². The van der Waals surface area contributed by atoms with Crippen LogP contribution in [-0.2, 0) is 22.5 Å². The predicted octanol–water partition coefficient (Wildman–Crippen LogP) is 2.61. The number of amides is 1. The second kappa shape index (κ2) is 7.99. The lowest BCUT2D eigenvalue weighted by molar-refractivity contribution is -0.114. The van der Waals surface area contributed by atoms with Crippen LogP contribution in [0.3, 0.4) is 0 Å². The van der Waals surface area contributed by atoms with E-state index >= 15 is 0 Å². The molecule has 1 amide bonds. The summed E-state index contributed by atoms with van der Waals surface area (Å²) in [7, 11) is 2.91. The molecule has 0 bridgehead atoms. The van der Waals surface area contributed by atoms with E-state index in [1.54, 1.807) is 17.7 Å². The Hall–Kier alpha value is -3.55. The quantitative estimate of drug-likeness (QED) is 0.635. The number of nitrogens with two attached hydrogens (primary N) is 1. The van der Waals surface area contributed by atoms with Gasteiger partial charge in [-0.2, -0.15) is 0 Å². The van der Waals surface area contributed by atoms with Gasteiger partial charge in [-0.3, -0.25) is 4.79 Å². The van der Waals surface area contributed by atoms with Crippen LogP contribution in [0.2, 0.25) is 0 Å². The van der Waals surface area contributed by atoms with E-state index in [1.165, 1.54) is 20.2 Å². The molecule has 8 nitrogen and oxygen atoms in total. The van der Waals surface area contributed by atoms with Gasteiger partial charge in [0.25, 0.3) is 0 Å². The Labute approximate surface area is 162 Å². The summed E-state index contributed by atoms with van der Waals surface area (Å²) in [5, 5.41) is 3.31. The number of benzene rings is 1. The number of fused-ring (bicyclic) bond motifs is 1. The van der Waals surface area contributed by atoms with Gasteiger partial charge in [-0.1, -0.05) is 12.1 Å². The zero-order valence-electron chi connectivity index (χ0n) is 16.0. The molecule has 0 saturated carbocycles. The van der Waals surface area contributed by atoms with E-state index in [2.05, 4.69) is 10.3 Å². The molecule has 3 N–H and O–H groups in total. The zero-order valence-corrected chi connectivity index (χ0v) is 16.0. The summed E-state index contributed by atoms with van der Waals surface area (Å²) in [4.78, 5) is 28.6. The Bertz CT molecular complexity index is 1020. The number of hydrogen-bond acceptors (Lipinski definition) is 6. The molecule has 146 valence electrons. The first-order chi connectivity index (χ1) is 13.4. The fourth-order valence-corrected chi connectivity index (χ4v) is 3.10. The Kier molecular flexibility index (Phi) is 5.49. The number of methoxy groups -OCH3 is 2. The minimum absolute atomic E-state index is 0.235. The summed E-state index contributed by atoms with van der Waals surface area (Å²) in [5.74, 6) is -0.0904. The molecule has 0 unspecified atom stereocenters. The summed E-state index contributed by atoms with van der Waals surface area (Å²) in [6.45, 7) is 1.84. The summed E-state index contributed by atoms with van der Waals surface area (Å²) in [6, 6.07) is 9.37. The first kappa shape index (κ1) is 19.2. The molecular weight excluding hydrogens is 360 g/mol. The number of nitrogen functional groups attached to an aromatic ring is 1. The maximum absolute atomic E-state index is 12.5. The number of ether oxygens (including phenoxy) is 2. The molecule has 3 aromatic rings. The molecule has 0 spiro atoms. The molecule has 1 aromatic carbocycles. The van der Waals surface area contributed by atoms with E-state index in [0.29, 0.717) is 35.4 Å². The predicted molar refractivity (Wildman–Crippen MR) is 106 cm³/mol. The van der Waals surface area contributed by atoms with E-state index in [9.17, 15) is 9.59 Å². The highest BCUT2D eigenvalue weighted by molar-refractivity contribution is 6.10. The van der Waals surface area contributed by atoms with Crippen LogP contribution in [0.25, 0.3) is 11.0 Å². The van der Waals surface area contributed by atoms with Crippen molar-refractivity contribution in [3.63, 3.8) is 0 Å². The standard InChI is InChI=1S/C20H22N4O4/c1-12(25)23-17-16-10-14(21)11-22-19(16)24(18(17)20(26)28-3)9-8-13-4-6-15(27-2)7-5-13/h4-7,10-11H,8-9,21H2,1-3H3,(H,23,25). The van der Waals surface area contributed by atoms with E-state index in [4.69, 9.17) is 15.2 Å². The molecule has 2 heterocycles. The molecule has 0 aliphatic carbocycles. The fourth-order valence-electron chi connectivity index (χ4n) is 3.10. The second-order valence-electron chi connectivity index (χ2n) is 6.29. The number of carbonyl (C=O) groups excluding carboxylic acids is 2. The van der Waals surface area contributed by atoms with Crippen LogP contribution in [0.5, 0.6) is 5.75 Å². The maximum atomic E-state index is 12.5. The van der Waals surface area contributed by atoms with Crippen LogP contribution in [0.15, 0.2) is 36.5 Å². The number of rotatable bonds is 6. The maximum Gasteiger partial charge on any atom is 0.356 e. The second-order valence-corrected chi connectivity index (χ2v) is 6.29. The third-order valence-electron chi connectivity index (χ3n) is 4.38. The molecule has 0 aliphatic heterocycles. The van der Waals surface area contributed by atoms with E-state index < -0.39 is 5.97 Å². The molecule has 2 aromatic heterocycles. The number of pyridine rings is 1. The van der Waals surface area contributed by atoms with Gasteiger partial charge in [-0.25, -0.2) is 9.78 Å². The Morgan fingerprint density at radius 1 is 1.21 bits per heavy atom. The van der Waals surface area contributed by atoms with Gasteiger partial charge in [-0.05, 0) is 30.2 Å². The molecule has 0 atom stereocenters. The molecule has 8 heteroatoms. The van der Waals surface area contributed by atoms with Crippen LogP contribution in [0, 0.1) is 0 Å². The molecule has 28 heavy (non-hydrogen) atoms. The minimum atomic E-state index is -0.560. The topological polar surface area (TPSA) is 108 Å². The summed E-state index contributed by atoms with van der Waals surface area (Å²) in [6.07, 6.45) is 2.16. The lowest BCUT2D eigenvalue weighted by Gasteiger charge is -2.11. The highest BCUT2D eigenvalue weighted by Gasteiger charge is 2.25. The van der Waals surface area contributed by atoms with Crippen LogP contribution in [-0.4, -0.2) is 35.6 Å². The highest BCUT2D eigenvalue weighted by Crippen LogP contribution is 2.32. The number of anilines is 2. The first-order valence-electron chi connectivity index (χ1n) is 8.71. The lowest BCUT2D eigenvalue weighted by atomic mass is 10.1. The van der Waals surface area contributed by atoms with Gasteiger partial charge in [0.05, 0.1) is 31.8 Å². The van der Waals surface area contributed by atoms with E-state index in [-0.39, 0.29) is 11.6 Å². The smallest absolute Gasteiger partial charge is 0.356 e. The third kappa shape index (κ3) is 3.75. The molecule has 0 saturated heterocycles. The number of nitrogens with zero attached hydrogens (tertiary/aromatic N) is 2. The number of aryl methyl sites for hydroxylation is 2. The van der Waals surface area contributed by atoms with Gasteiger partial charge in [0.2, 0.25) is 5.91 Å². The monoisotopic (exact) mass is 382 g/mol. The van der Waals surface area contributed by atoms with Crippen LogP contribution in [0.1, 0.15) is 23.0 Å². The molecule has 0 aliphatic rings. The van der Waals surface area contributed by atoms with Crippen molar-refractivity contribution in [2.45, 2.75) is 19.9 Å². The van der Waals surface area contributed by atoms with Crippen molar-refractivity contribution < 1.29 is 19.1 Å². The van der Waals surface area contributed by atoms with Crippen molar-refractivity contribution in [1.29, 1.82) is 0 Å². The van der Waals surface area contributed by atoms with Crippen molar-refractivity contribution in [1.82, 2.24) is 9.55 Å². The summed E-state index contributed by atoms with van der Waals surface area (Å²) < 4.78 is 11.9. The molecule has 0 radical (unpaired) electrons. The Morgan fingerprint density at radius 3 is 2.54 bits per heavy atom. The number of esters is 1. The molecule has 3 rings (SSSR count). The van der Waals surface area contributed by atoms with Gasteiger partial charge in [0, 0.05) is 18.9 Å². The molecule has 0 fully saturated rings. The lowest BCUT2D eigenvalue weighted by Crippen LogP contribution is -2.16. The van der Waals surface area contributed by atoms with Crippen molar-refractivity contribution in [3.8, 4) is 5.75 Å². The van der Waals surface area contributed by atoms with Crippen molar-refractivity contribution in [2.75, 3.05) is 25.3 Å². The first-order valence-corrected chi connectivity index (χ1v) is 8.71. The van der Waals surface area contributed by atoms with Gasteiger partial charge in [-0.15, -0.1) is 0 Å². The number of hydrogen-bond donors (Lipinski definition) is 2. The summed E-state index contributed by atoms with van der Waals surface area (Å²) >= 11 is 0.